The van der Waals surface area contributed by atoms with Gasteiger partial charge in [0.1, 0.15) is 0 Å². The first-order valence-corrected chi connectivity index (χ1v) is 3.36. The zero-order chi connectivity index (χ0) is 9.14. The SMILES string of the molecule is COc1ccc(N)c(OC)c1F. The zero-order valence-corrected chi connectivity index (χ0v) is 6.93. The van der Waals surface area contributed by atoms with Crippen LogP contribution in [-0.2, 0) is 0 Å². The van der Waals surface area contributed by atoms with Gasteiger partial charge in [-0.05, 0) is 12.1 Å². The molecule has 1 rings (SSSR count). The van der Waals surface area contributed by atoms with E-state index in [1.54, 1.807) is 0 Å². The maximum Gasteiger partial charge on any atom is 0.208 e. The van der Waals surface area contributed by atoms with Crippen molar-refractivity contribution in [3.8, 4) is 11.5 Å². The Labute approximate surface area is 69.9 Å². The molecule has 0 saturated heterocycles. The predicted molar refractivity (Wildman–Crippen MR) is 43.9 cm³/mol. The van der Waals surface area contributed by atoms with Gasteiger partial charge < -0.3 is 15.2 Å². The largest absolute Gasteiger partial charge is 0.494 e. The van der Waals surface area contributed by atoms with Gasteiger partial charge in [0, 0.05) is 0 Å². The quantitative estimate of drug-likeness (QED) is 0.684. The first-order chi connectivity index (χ1) is 5.70. The van der Waals surface area contributed by atoms with E-state index in [2.05, 4.69) is 0 Å². The van der Waals surface area contributed by atoms with Crippen molar-refractivity contribution in [3.05, 3.63) is 17.9 Å². The monoisotopic (exact) mass is 171 g/mol. The van der Waals surface area contributed by atoms with Gasteiger partial charge in [0.2, 0.25) is 5.82 Å². The maximum absolute atomic E-state index is 13.2. The average molecular weight is 171 g/mol. The fourth-order valence-electron chi connectivity index (χ4n) is 0.918. The van der Waals surface area contributed by atoms with Crippen molar-refractivity contribution >= 4 is 5.69 Å². The zero-order valence-electron chi connectivity index (χ0n) is 6.93. The van der Waals surface area contributed by atoms with Crippen LogP contribution in [-0.4, -0.2) is 14.2 Å². The molecule has 3 nitrogen and oxygen atoms in total. The van der Waals surface area contributed by atoms with E-state index in [-0.39, 0.29) is 17.2 Å². The van der Waals surface area contributed by atoms with E-state index < -0.39 is 5.82 Å². The minimum absolute atomic E-state index is 0.0225. The number of ether oxygens (including phenoxy) is 2. The van der Waals surface area contributed by atoms with E-state index in [1.165, 1.54) is 26.4 Å². The lowest BCUT2D eigenvalue weighted by Gasteiger charge is -2.08. The molecule has 0 aliphatic heterocycles. The third-order valence-corrected chi connectivity index (χ3v) is 1.52. The van der Waals surface area contributed by atoms with Gasteiger partial charge in [-0.15, -0.1) is 0 Å². The van der Waals surface area contributed by atoms with Crippen molar-refractivity contribution in [2.45, 2.75) is 0 Å². The molecular formula is C8H10FNO2. The summed E-state index contributed by atoms with van der Waals surface area (Å²) in [6.07, 6.45) is 0. The second kappa shape index (κ2) is 3.30. The molecule has 0 aliphatic rings. The highest BCUT2D eigenvalue weighted by Gasteiger charge is 2.11. The van der Waals surface area contributed by atoms with Crippen LogP contribution in [0.2, 0.25) is 0 Å². The molecule has 0 spiro atoms. The molecule has 2 N–H and O–H groups in total. The van der Waals surface area contributed by atoms with Gasteiger partial charge in [-0.1, -0.05) is 0 Å². The van der Waals surface area contributed by atoms with Crippen LogP contribution in [0.5, 0.6) is 11.5 Å². The number of benzene rings is 1. The predicted octanol–water partition coefficient (Wildman–Crippen LogP) is 1.43. The molecule has 0 saturated carbocycles. The molecule has 1 aromatic rings. The van der Waals surface area contributed by atoms with Crippen LogP contribution >= 0.6 is 0 Å². The summed E-state index contributed by atoms with van der Waals surface area (Å²) in [6.45, 7) is 0. The maximum atomic E-state index is 13.2. The summed E-state index contributed by atoms with van der Waals surface area (Å²) in [7, 11) is 2.74. The Morgan fingerprint density at radius 3 is 2.42 bits per heavy atom. The van der Waals surface area contributed by atoms with E-state index in [1.807, 2.05) is 0 Å². The number of methoxy groups -OCH3 is 2. The summed E-state index contributed by atoms with van der Waals surface area (Å²) in [5, 5.41) is 0. The summed E-state index contributed by atoms with van der Waals surface area (Å²) < 4.78 is 22.7. The number of nitrogens with two attached hydrogens (primary N) is 1. The topological polar surface area (TPSA) is 44.5 Å². The van der Waals surface area contributed by atoms with Crippen molar-refractivity contribution < 1.29 is 13.9 Å². The van der Waals surface area contributed by atoms with E-state index in [0.29, 0.717) is 0 Å². The molecule has 0 heterocycles. The van der Waals surface area contributed by atoms with Crippen molar-refractivity contribution in [2.24, 2.45) is 0 Å². The molecule has 66 valence electrons. The standard InChI is InChI=1S/C8H10FNO2/c1-11-6-4-3-5(10)8(12-2)7(6)9/h3-4H,10H2,1-2H3. The van der Waals surface area contributed by atoms with Crippen molar-refractivity contribution in [1.29, 1.82) is 0 Å². The second-order valence-electron chi connectivity index (χ2n) is 2.20. The minimum Gasteiger partial charge on any atom is -0.494 e. The highest BCUT2D eigenvalue weighted by atomic mass is 19.1. The van der Waals surface area contributed by atoms with Crippen LogP contribution in [0.1, 0.15) is 0 Å². The Bertz CT molecular complexity index is 289. The summed E-state index contributed by atoms with van der Waals surface area (Å²) in [4.78, 5) is 0. The van der Waals surface area contributed by atoms with Crippen LogP contribution in [0.4, 0.5) is 10.1 Å². The Kier molecular flexibility index (Phi) is 2.38. The molecule has 12 heavy (non-hydrogen) atoms. The molecule has 0 aliphatic carbocycles. The number of halogens is 1. The number of anilines is 1. The fourth-order valence-corrected chi connectivity index (χ4v) is 0.918. The van der Waals surface area contributed by atoms with Gasteiger partial charge in [-0.3, -0.25) is 0 Å². The lowest BCUT2D eigenvalue weighted by atomic mass is 10.2. The first-order valence-electron chi connectivity index (χ1n) is 3.36. The summed E-state index contributed by atoms with van der Waals surface area (Å²) >= 11 is 0. The Morgan fingerprint density at radius 1 is 1.25 bits per heavy atom. The van der Waals surface area contributed by atoms with Crippen LogP contribution in [0.15, 0.2) is 12.1 Å². The van der Waals surface area contributed by atoms with Crippen molar-refractivity contribution in [3.63, 3.8) is 0 Å². The molecule has 0 radical (unpaired) electrons. The van der Waals surface area contributed by atoms with Gasteiger partial charge in [0.05, 0.1) is 19.9 Å². The molecule has 4 heteroatoms. The fraction of sp³-hybridized carbons (Fsp3) is 0.250. The molecule has 0 aromatic heterocycles. The second-order valence-corrected chi connectivity index (χ2v) is 2.20. The first kappa shape index (κ1) is 8.64. The molecule has 0 unspecified atom stereocenters. The Morgan fingerprint density at radius 2 is 1.92 bits per heavy atom. The number of hydrogen-bond acceptors (Lipinski definition) is 3. The number of hydrogen-bond donors (Lipinski definition) is 1. The van der Waals surface area contributed by atoms with Gasteiger partial charge in [0.15, 0.2) is 11.5 Å². The van der Waals surface area contributed by atoms with Gasteiger partial charge in [-0.25, -0.2) is 0 Å². The molecule has 0 bridgehead atoms. The Hall–Kier alpha value is -1.45. The normalized spacial score (nSPS) is 9.58. The number of rotatable bonds is 2. The summed E-state index contributed by atoms with van der Waals surface area (Å²) in [6, 6.07) is 2.98. The van der Waals surface area contributed by atoms with E-state index in [0.717, 1.165) is 0 Å². The lowest BCUT2D eigenvalue weighted by Crippen LogP contribution is -1.97. The summed E-state index contributed by atoms with van der Waals surface area (Å²) in [5.74, 6) is -0.421. The highest BCUT2D eigenvalue weighted by molar-refractivity contribution is 5.56. The molecule has 0 atom stereocenters. The van der Waals surface area contributed by atoms with Crippen LogP contribution in [0.3, 0.4) is 0 Å². The highest BCUT2D eigenvalue weighted by Crippen LogP contribution is 2.31. The van der Waals surface area contributed by atoms with Crippen LogP contribution < -0.4 is 15.2 Å². The van der Waals surface area contributed by atoms with Gasteiger partial charge in [0.25, 0.3) is 0 Å². The third-order valence-electron chi connectivity index (χ3n) is 1.52. The van der Waals surface area contributed by atoms with E-state index in [9.17, 15) is 4.39 Å². The molecule has 0 fully saturated rings. The van der Waals surface area contributed by atoms with Crippen molar-refractivity contribution in [1.82, 2.24) is 0 Å². The van der Waals surface area contributed by atoms with Crippen LogP contribution in [0, 0.1) is 5.82 Å². The number of nitrogen functional groups attached to an aromatic ring is 1. The van der Waals surface area contributed by atoms with E-state index >= 15 is 0 Å². The third kappa shape index (κ3) is 1.28. The minimum atomic E-state index is -0.569. The Balaban J connectivity index is 3.24. The van der Waals surface area contributed by atoms with Gasteiger partial charge >= 0.3 is 0 Å². The smallest absolute Gasteiger partial charge is 0.208 e. The molecular weight excluding hydrogens is 161 g/mol. The van der Waals surface area contributed by atoms with Crippen molar-refractivity contribution in [2.75, 3.05) is 20.0 Å². The lowest BCUT2D eigenvalue weighted by molar-refractivity contribution is 0.352. The summed E-state index contributed by atoms with van der Waals surface area (Å²) in [5.41, 5.74) is 5.69. The van der Waals surface area contributed by atoms with E-state index in [4.69, 9.17) is 15.2 Å². The van der Waals surface area contributed by atoms with Gasteiger partial charge in [-0.2, -0.15) is 4.39 Å². The molecule has 0 amide bonds. The van der Waals surface area contributed by atoms with Crippen LogP contribution in [0.25, 0.3) is 0 Å². The molecule has 1 aromatic carbocycles. The average Bonchev–Trinajstić information content (AvgIpc) is 2.06.